The number of carbonyl (C=O) groups is 1. The summed E-state index contributed by atoms with van der Waals surface area (Å²) in [5.74, 6) is 0.215. The van der Waals surface area contributed by atoms with Crippen molar-refractivity contribution in [1.29, 1.82) is 0 Å². The van der Waals surface area contributed by atoms with Crippen molar-refractivity contribution in [1.82, 2.24) is 20.0 Å². The molecule has 22 heavy (non-hydrogen) atoms. The maximum Gasteiger partial charge on any atom is 0.264 e. The van der Waals surface area contributed by atoms with Gasteiger partial charge >= 0.3 is 0 Å². The second kappa shape index (κ2) is 5.83. The predicted octanol–water partition coefficient (Wildman–Crippen LogP) is 2.33. The number of thiophene rings is 1. The van der Waals surface area contributed by atoms with Gasteiger partial charge in [0.25, 0.3) is 5.91 Å². The first-order valence-corrected chi connectivity index (χ1v) is 8.43. The van der Waals surface area contributed by atoms with Gasteiger partial charge in [-0.3, -0.25) is 9.48 Å². The number of nitrogens with one attached hydrogen (secondary N) is 1. The second-order valence-corrected chi connectivity index (χ2v) is 7.16. The third-order valence-corrected chi connectivity index (χ3v) is 5.99. The van der Waals surface area contributed by atoms with Crippen LogP contribution < -0.4 is 5.32 Å². The van der Waals surface area contributed by atoms with Crippen molar-refractivity contribution in [2.75, 3.05) is 13.1 Å². The molecule has 2 aliphatic rings. The molecule has 2 bridgehead atoms. The highest BCUT2D eigenvalue weighted by atomic mass is 35.5. The summed E-state index contributed by atoms with van der Waals surface area (Å²) < 4.78 is 1.88. The zero-order valence-corrected chi connectivity index (χ0v) is 14.5. The number of halogens is 1. The molecule has 2 aromatic rings. The van der Waals surface area contributed by atoms with E-state index in [9.17, 15) is 4.79 Å². The fourth-order valence-corrected chi connectivity index (χ4v) is 4.82. The van der Waals surface area contributed by atoms with Gasteiger partial charge in [-0.25, -0.2) is 0 Å². The van der Waals surface area contributed by atoms with Gasteiger partial charge < -0.3 is 10.2 Å². The number of aromatic nitrogens is 2. The van der Waals surface area contributed by atoms with Crippen LogP contribution in [0.25, 0.3) is 10.2 Å². The van der Waals surface area contributed by atoms with Crippen molar-refractivity contribution >= 4 is 39.9 Å². The summed E-state index contributed by atoms with van der Waals surface area (Å²) in [6.45, 7) is 3.97. The van der Waals surface area contributed by atoms with Crippen molar-refractivity contribution in [3.05, 3.63) is 16.6 Å². The minimum Gasteiger partial charge on any atom is -0.331 e. The summed E-state index contributed by atoms with van der Waals surface area (Å²) in [6.07, 6.45) is 3.37. The Morgan fingerprint density at radius 2 is 2.14 bits per heavy atom. The average molecular weight is 341 g/mol. The lowest BCUT2D eigenvalue weighted by molar-refractivity contribution is 0.0685. The Bertz CT molecular complexity index is 661. The Labute approximate surface area is 140 Å². The first-order chi connectivity index (χ1) is 10.1. The van der Waals surface area contributed by atoms with Crippen molar-refractivity contribution in [2.24, 2.45) is 7.05 Å². The van der Waals surface area contributed by atoms with Crippen molar-refractivity contribution in [2.45, 2.75) is 38.3 Å². The molecule has 2 saturated heterocycles. The van der Waals surface area contributed by atoms with Gasteiger partial charge in [-0.05, 0) is 38.8 Å². The summed E-state index contributed by atoms with van der Waals surface area (Å²) in [5.41, 5.74) is 1.00. The maximum absolute atomic E-state index is 13.0. The Morgan fingerprint density at radius 1 is 1.36 bits per heavy atom. The van der Waals surface area contributed by atoms with Gasteiger partial charge in [0, 0.05) is 31.1 Å². The van der Waals surface area contributed by atoms with Gasteiger partial charge in [0.05, 0.1) is 10.6 Å². The van der Waals surface area contributed by atoms with Crippen molar-refractivity contribution in [3.8, 4) is 0 Å². The lowest BCUT2D eigenvalue weighted by Gasteiger charge is -2.27. The van der Waals surface area contributed by atoms with Crippen LogP contribution in [0.2, 0.25) is 0 Å². The zero-order chi connectivity index (χ0) is 14.6. The van der Waals surface area contributed by atoms with E-state index in [2.05, 4.69) is 15.3 Å². The first kappa shape index (κ1) is 15.8. The highest BCUT2D eigenvalue weighted by Crippen LogP contribution is 2.33. The third-order valence-electron chi connectivity index (χ3n) is 4.80. The number of amides is 1. The van der Waals surface area contributed by atoms with Crippen LogP contribution in [-0.4, -0.2) is 45.8 Å². The van der Waals surface area contributed by atoms with Gasteiger partial charge in [0.15, 0.2) is 0 Å². The third kappa shape index (κ3) is 2.33. The Kier molecular flexibility index (Phi) is 4.18. The van der Waals surface area contributed by atoms with Crippen molar-refractivity contribution < 1.29 is 4.79 Å². The largest absolute Gasteiger partial charge is 0.331 e. The van der Waals surface area contributed by atoms with Gasteiger partial charge in [-0.2, -0.15) is 5.10 Å². The molecular formula is C15H21ClN4OS. The average Bonchev–Trinajstić information content (AvgIpc) is 3.05. The Morgan fingerprint density at radius 3 is 2.91 bits per heavy atom. The molecule has 0 aromatic carbocycles. The second-order valence-electron chi connectivity index (χ2n) is 6.13. The minimum absolute atomic E-state index is 0. The molecule has 0 radical (unpaired) electrons. The number of rotatable bonds is 1. The van der Waals surface area contributed by atoms with E-state index in [0.717, 1.165) is 53.1 Å². The molecule has 2 fully saturated rings. The van der Waals surface area contributed by atoms with Gasteiger partial charge in [-0.1, -0.05) is 0 Å². The van der Waals surface area contributed by atoms with Gasteiger partial charge in [0.1, 0.15) is 4.83 Å². The molecule has 5 nitrogen and oxygen atoms in total. The number of carbonyl (C=O) groups excluding carboxylic acids is 1. The molecule has 1 amide bonds. The van der Waals surface area contributed by atoms with Crippen LogP contribution in [0.15, 0.2) is 6.07 Å². The summed E-state index contributed by atoms with van der Waals surface area (Å²) in [5, 5.41) is 8.98. The number of fused-ring (bicyclic) bond motifs is 3. The SMILES string of the molecule is Cc1nn(C)c2sc(C(=O)N3C4CCNCC3CC4)cc12.Cl. The standard InChI is InChI=1S/C15H20N4OS.ClH/c1-9-12-7-13(21-15(12)18(2)17-9)14(20)19-10-3-4-11(19)8-16-6-5-10;/h7,10-11,16H,3-6,8H2,1-2H3;1H. The molecule has 7 heteroatoms. The number of nitrogens with zero attached hydrogens (tertiary/aromatic N) is 3. The van der Waals surface area contributed by atoms with Crippen LogP contribution >= 0.6 is 23.7 Å². The topological polar surface area (TPSA) is 50.2 Å². The molecule has 2 atom stereocenters. The van der Waals surface area contributed by atoms with E-state index >= 15 is 0 Å². The molecule has 0 spiro atoms. The van der Waals surface area contributed by atoms with E-state index in [0.29, 0.717) is 12.1 Å². The normalized spacial score (nSPS) is 24.4. The molecule has 2 aromatic heterocycles. The highest BCUT2D eigenvalue weighted by molar-refractivity contribution is 7.20. The van der Waals surface area contributed by atoms with E-state index in [1.165, 1.54) is 0 Å². The molecule has 0 aliphatic carbocycles. The van der Waals surface area contributed by atoms with Crippen LogP contribution in [-0.2, 0) is 7.05 Å². The van der Waals surface area contributed by atoms with Crippen molar-refractivity contribution in [3.63, 3.8) is 0 Å². The molecule has 2 aliphatic heterocycles. The molecular weight excluding hydrogens is 320 g/mol. The predicted molar refractivity (Wildman–Crippen MR) is 91.0 cm³/mol. The number of aryl methyl sites for hydroxylation is 2. The fourth-order valence-electron chi connectivity index (χ4n) is 3.75. The van der Waals surface area contributed by atoms with E-state index in [1.54, 1.807) is 11.3 Å². The van der Waals surface area contributed by atoms with Gasteiger partial charge in [-0.15, -0.1) is 23.7 Å². The fraction of sp³-hybridized carbons (Fsp3) is 0.600. The molecule has 1 N–H and O–H groups in total. The molecule has 4 rings (SSSR count). The number of hydrogen-bond acceptors (Lipinski definition) is 4. The molecule has 120 valence electrons. The van der Waals surface area contributed by atoms with Crippen LogP contribution in [0.1, 0.15) is 34.6 Å². The summed E-state index contributed by atoms with van der Waals surface area (Å²) in [6, 6.07) is 2.82. The highest BCUT2D eigenvalue weighted by Gasteiger charge is 2.38. The quantitative estimate of drug-likeness (QED) is 0.866. The van der Waals surface area contributed by atoms with Crippen LogP contribution in [0.5, 0.6) is 0 Å². The van der Waals surface area contributed by atoms with E-state index in [4.69, 9.17) is 0 Å². The molecule has 2 unspecified atom stereocenters. The van der Waals surface area contributed by atoms with E-state index < -0.39 is 0 Å². The lowest BCUT2D eigenvalue weighted by Crippen LogP contribution is -2.42. The Balaban J connectivity index is 0.00000144. The monoisotopic (exact) mass is 340 g/mol. The maximum atomic E-state index is 13.0. The number of hydrogen-bond donors (Lipinski definition) is 1. The smallest absolute Gasteiger partial charge is 0.264 e. The van der Waals surface area contributed by atoms with Crippen LogP contribution in [0.4, 0.5) is 0 Å². The lowest BCUT2D eigenvalue weighted by atomic mass is 10.1. The minimum atomic E-state index is 0. The molecule has 4 heterocycles. The summed E-state index contributed by atoms with van der Waals surface area (Å²) in [7, 11) is 1.94. The van der Waals surface area contributed by atoms with Gasteiger partial charge in [0.2, 0.25) is 0 Å². The molecule has 0 saturated carbocycles. The van der Waals surface area contributed by atoms with Crippen LogP contribution in [0, 0.1) is 6.92 Å². The Hall–Kier alpha value is -1.11. The van der Waals surface area contributed by atoms with E-state index in [-0.39, 0.29) is 18.3 Å². The van der Waals surface area contributed by atoms with E-state index in [1.807, 2.05) is 24.7 Å². The summed E-state index contributed by atoms with van der Waals surface area (Å²) in [4.78, 5) is 17.1. The summed E-state index contributed by atoms with van der Waals surface area (Å²) >= 11 is 1.57. The van der Waals surface area contributed by atoms with Crippen LogP contribution in [0.3, 0.4) is 0 Å². The first-order valence-electron chi connectivity index (χ1n) is 7.61. The zero-order valence-electron chi connectivity index (χ0n) is 12.8.